The molecule has 0 aliphatic heterocycles. The molecule has 0 bridgehead atoms. The Labute approximate surface area is 120 Å². The van der Waals surface area contributed by atoms with Gasteiger partial charge in [-0.1, -0.05) is 6.92 Å². The molecule has 1 aromatic rings. The standard InChI is InChI=1S/C13H16N2O6/c1-8(13(17)18)5-6-14-12(16)9-3-4-11(21-2)10(7-9)15(19)20/h3-4,7-8H,5-6H2,1-2H3,(H,14,16)(H,17,18). The number of ether oxygens (including phenoxy) is 1. The Kier molecular flexibility index (Phi) is 5.65. The molecule has 0 heterocycles. The number of aliphatic carboxylic acids is 1. The third-order valence-corrected chi connectivity index (χ3v) is 2.92. The number of nitro benzene ring substituents is 1. The van der Waals surface area contributed by atoms with Crippen LogP contribution in [0.3, 0.4) is 0 Å². The molecule has 1 atom stereocenters. The zero-order chi connectivity index (χ0) is 16.0. The first-order valence-corrected chi connectivity index (χ1v) is 6.20. The predicted molar refractivity (Wildman–Crippen MR) is 73.4 cm³/mol. The van der Waals surface area contributed by atoms with Crippen molar-refractivity contribution >= 4 is 17.6 Å². The minimum Gasteiger partial charge on any atom is -0.490 e. The van der Waals surface area contributed by atoms with Crippen molar-refractivity contribution in [1.29, 1.82) is 0 Å². The Morgan fingerprint density at radius 3 is 2.67 bits per heavy atom. The molecule has 21 heavy (non-hydrogen) atoms. The van der Waals surface area contributed by atoms with Crippen molar-refractivity contribution in [3.8, 4) is 5.75 Å². The van der Waals surface area contributed by atoms with E-state index in [2.05, 4.69) is 5.32 Å². The van der Waals surface area contributed by atoms with Gasteiger partial charge in [0.2, 0.25) is 0 Å². The quantitative estimate of drug-likeness (QED) is 0.580. The number of nitro groups is 1. The van der Waals surface area contributed by atoms with E-state index in [0.717, 1.165) is 6.07 Å². The number of carbonyl (C=O) groups is 2. The zero-order valence-corrected chi connectivity index (χ0v) is 11.7. The maximum atomic E-state index is 11.8. The van der Waals surface area contributed by atoms with Gasteiger partial charge in [-0.25, -0.2) is 0 Å². The van der Waals surface area contributed by atoms with Gasteiger partial charge in [0, 0.05) is 18.2 Å². The average molecular weight is 296 g/mol. The fourth-order valence-electron chi connectivity index (χ4n) is 1.60. The maximum absolute atomic E-state index is 11.8. The molecular weight excluding hydrogens is 280 g/mol. The Morgan fingerprint density at radius 1 is 1.48 bits per heavy atom. The van der Waals surface area contributed by atoms with E-state index in [0.29, 0.717) is 0 Å². The number of rotatable bonds is 7. The highest BCUT2D eigenvalue weighted by Gasteiger charge is 2.18. The molecular formula is C13H16N2O6. The Bertz CT molecular complexity index is 558. The summed E-state index contributed by atoms with van der Waals surface area (Å²) in [5, 5.41) is 22.1. The summed E-state index contributed by atoms with van der Waals surface area (Å²) in [6, 6.07) is 3.86. The number of carbonyl (C=O) groups excluding carboxylic acids is 1. The Hall–Kier alpha value is -2.64. The largest absolute Gasteiger partial charge is 0.490 e. The van der Waals surface area contributed by atoms with Crippen LogP contribution in [0.5, 0.6) is 5.75 Å². The molecule has 0 saturated carbocycles. The third kappa shape index (κ3) is 4.44. The van der Waals surface area contributed by atoms with Crippen molar-refractivity contribution in [3.63, 3.8) is 0 Å². The number of benzene rings is 1. The molecule has 1 aromatic carbocycles. The summed E-state index contributed by atoms with van der Waals surface area (Å²) in [5.41, 5.74) is -0.186. The van der Waals surface area contributed by atoms with E-state index < -0.39 is 22.7 Å². The van der Waals surface area contributed by atoms with Gasteiger partial charge in [0.25, 0.3) is 5.91 Å². The highest BCUT2D eigenvalue weighted by Crippen LogP contribution is 2.27. The van der Waals surface area contributed by atoms with Gasteiger partial charge in [-0.2, -0.15) is 0 Å². The monoisotopic (exact) mass is 296 g/mol. The van der Waals surface area contributed by atoms with E-state index in [1.54, 1.807) is 0 Å². The highest BCUT2D eigenvalue weighted by molar-refractivity contribution is 5.95. The van der Waals surface area contributed by atoms with Crippen LogP contribution in [0.4, 0.5) is 5.69 Å². The van der Waals surface area contributed by atoms with Crippen molar-refractivity contribution in [2.24, 2.45) is 5.92 Å². The van der Waals surface area contributed by atoms with Gasteiger partial charge in [0.05, 0.1) is 18.0 Å². The van der Waals surface area contributed by atoms with Crippen molar-refractivity contribution in [2.75, 3.05) is 13.7 Å². The van der Waals surface area contributed by atoms with E-state index in [4.69, 9.17) is 9.84 Å². The first-order valence-electron chi connectivity index (χ1n) is 6.20. The molecule has 0 spiro atoms. The summed E-state index contributed by atoms with van der Waals surface area (Å²) in [7, 11) is 1.30. The summed E-state index contributed by atoms with van der Waals surface area (Å²) < 4.78 is 4.84. The number of amides is 1. The molecule has 2 N–H and O–H groups in total. The second kappa shape index (κ2) is 7.22. The number of nitrogens with one attached hydrogen (secondary N) is 1. The van der Waals surface area contributed by atoms with Crippen LogP contribution in [0.1, 0.15) is 23.7 Å². The van der Waals surface area contributed by atoms with Crippen LogP contribution in [0.2, 0.25) is 0 Å². The lowest BCUT2D eigenvalue weighted by Gasteiger charge is -2.08. The lowest BCUT2D eigenvalue weighted by molar-refractivity contribution is -0.385. The first kappa shape index (κ1) is 16.4. The van der Waals surface area contributed by atoms with Gasteiger partial charge in [-0.3, -0.25) is 19.7 Å². The topological polar surface area (TPSA) is 119 Å². The lowest BCUT2D eigenvalue weighted by Crippen LogP contribution is -2.27. The van der Waals surface area contributed by atoms with E-state index in [-0.39, 0.29) is 30.0 Å². The Morgan fingerprint density at radius 2 is 2.14 bits per heavy atom. The number of methoxy groups -OCH3 is 1. The summed E-state index contributed by atoms with van der Waals surface area (Å²) in [6.07, 6.45) is 0.277. The predicted octanol–water partition coefficient (Wildman–Crippen LogP) is 1.44. The fraction of sp³-hybridized carbons (Fsp3) is 0.385. The minimum atomic E-state index is -0.940. The molecule has 1 amide bonds. The van der Waals surface area contributed by atoms with Gasteiger partial charge < -0.3 is 15.2 Å². The molecule has 8 nitrogen and oxygen atoms in total. The van der Waals surface area contributed by atoms with E-state index in [1.807, 2.05) is 0 Å². The van der Waals surface area contributed by atoms with Crippen LogP contribution >= 0.6 is 0 Å². The molecule has 0 saturated heterocycles. The molecule has 8 heteroatoms. The van der Waals surface area contributed by atoms with E-state index in [1.165, 1.54) is 26.2 Å². The highest BCUT2D eigenvalue weighted by atomic mass is 16.6. The molecule has 0 aromatic heterocycles. The molecule has 0 aliphatic carbocycles. The normalized spacial score (nSPS) is 11.5. The van der Waals surface area contributed by atoms with Gasteiger partial charge >= 0.3 is 11.7 Å². The molecule has 0 radical (unpaired) electrons. The molecule has 0 fully saturated rings. The summed E-state index contributed by atoms with van der Waals surface area (Å²) >= 11 is 0. The fourth-order valence-corrected chi connectivity index (χ4v) is 1.60. The first-order chi connectivity index (χ1) is 9.86. The minimum absolute atomic E-state index is 0.0658. The van der Waals surface area contributed by atoms with Gasteiger partial charge in [-0.05, 0) is 18.6 Å². The molecule has 0 aliphatic rings. The van der Waals surface area contributed by atoms with Crippen molar-refractivity contribution in [2.45, 2.75) is 13.3 Å². The van der Waals surface area contributed by atoms with E-state index >= 15 is 0 Å². The van der Waals surface area contributed by atoms with Crippen molar-refractivity contribution in [3.05, 3.63) is 33.9 Å². The second-order valence-corrected chi connectivity index (χ2v) is 4.43. The number of hydrogen-bond acceptors (Lipinski definition) is 5. The molecule has 1 rings (SSSR count). The van der Waals surface area contributed by atoms with Crippen LogP contribution in [0.25, 0.3) is 0 Å². The second-order valence-electron chi connectivity index (χ2n) is 4.43. The smallest absolute Gasteiger partial charge is 0.311 e. The van der Waals surface area contributed by atoms with Gasteiger partial charge in [0.15, 0.2) is 5.75 Å². The van der Waals surface area contributed by atoms with Crippen molar-refractivity contribution < 1.29 is 24.4 Å². The third-order valence-electron chi connectivity index (χ3n) is 2.92. The summed E-state index contributed by atoms with van der Waals surface area (Å²) in [5.74, 6) is -1.95. The molecule has 114 valence electrons. The summed E-state index contributed by atoms with van der Waals surface area (Å²) in [6.45, 7) is 1.71. The van der Waals surface area contributed by atoms with Crippen LogP contribution in [-0.2, 0) is 4.79 Å². The van der Waals surface area contributed by atoms with E-state index in [9.17, 15) is 19.7 Å². The number of hydrogen-bond donors (Lipinski definition) is 2. The van der Waals surface area contributed by atoms with Crippen LogP contribution in [0.15, 0.2) is 18.2 Å². The number of nitrogens with zero attached hydrogens (tertiary/aromatic N) is 1. The zero-order valence-electron chi connectivity index (χ0n) is 11.7. The lowest BCUT2D eigenvalue weighted by atomic mass is 10.1. The SMILES string of the molecule is COc1ccc(C(=O)NCCC(C)C(=O)O)cc1[N+](=O)[O-]. The van der Waals surface area contributed by atoms with Gasteiger partial charge in [-0.15, -0.1) is 0 Å². The summed E-state index contributed by atoms with van der Waals surface area (Å²) in [4.78, 5) is 32.7. The number of carboxylic acid groups (broad SMARTS) is 1. The Balaban J connectivity index is 2.73. The number of carboxylic acids is 1. The van der Waals surface area contributed by atoms with Gasteiger partial charge in [0.1, 0.15) is 0 Å². The maximum Gasteiger partial charge on any atom is 0.311 e. The van der Waals surface area contributed by atoms with Crippen LogP contribution in [0, 0.1) is 16.0 Å². The average Bonchev–Trinajstić information content (AvgIpc) is 2.45. The molecule has 1 unspecified atom stereocenters. The van der Waals surface area contributed by atoms with Crippen LogP contribution in [-0.4, -0.2) is 35.6 Å². The van der Waals surface area contributed by atoms with Crippen LogP contribution < -0.4 is 10.1 Å². The van der Waals surface area contributed by atoms with Crippen molar-refractivity contribution in [1.82, 2.24) is 5.32 Å².